The first-order valence-corrected chi connectivity index (χ1v) is 13.7. The van der Waals surface area contributed by atoms with Gasteiger partial charge in [0, 0.05) is 0 Å². The molecule has 0 aliphatic carbocycles. The molecule has 5 rings (SSSR count). The van der Waals surface area contributed by atoms with Gasteiger partial charge in [-0.15, -0.1) is 0 Å². The van der Waals surface area contributed by atoms with Crippen LogP contribution < -0.4 is 0 Å². The molecule has 0 amide bonds. The molecule has 0 aromatic heterocycles. The van der Waals surface area contributed by atoms with Crippen LogP contribution in [-0.4, -0.2) is 48.4 Å². The lowest BCUT2D eigenvalue weighted by Gasteiger charge is -2.44. The molecular formula is C34H34O7. The number of rotatable bonds is 12. The van der Waals surface area contributed by atoms with Crippen molar-refractivity contribution in [1.29, 1.82) is 0 Å². The van der Waals surface area contributed by atoms with Gasteiger partial charge < -0.3 is 28.8 Å². The van der Waals surface area contributed by atoms with Gasteiger partial charge in [-0.1, -0.05) is 109 Å². The van der Waals surface area contributed by atoms with Gasteiger partial charge in [-0.05, 0) is 28.8 Å². The maximum atomic E-state index is 13.1. The summed E-state index contributed by atoms with van der Waals surface area (Å²) in [6, 6.07) is 37.8. The summed E-state index contributed by atoms with van der Waals surface area (Å²) in [5.74, 6) is -0.591. The number of aliphatic hydroxyl groups is 1. The molecule has 1 aliphatic rings. The Hall–Kier alpha value is -3.85. The van der Waals surface area contributed by atoms with Gasteiger partial charge in [0.25, 0.3) is 0 Å². The number of aliphatic hydroxyl groups excluding tert-OH is 1. The normalized spacial score (nSPS) is 22.2. The van der Waals surface area contributed by atoms with Crippen molar-refractivity contribution in [2.45, 2.75) is 50.5 Å². The molecule has 1 aliphatic heterocycles. The van der Waals surface area contributed by atoms with E-state index in [0.29, 0.717) is 12.2 Å². The smallest absolute Gasteiger partial charge is 0.338 e. The molecule has 0 bridgehead atoms. The number of hydrogen-bond donors (Lipinski definition) is 1. The van der Waals surface area contributed by atoms with Gasteiger partial charge in [0.2, 0.25) is 0 Å². The van der Waals surface area contributed by atoms with Crippen LogP contribution in [-0.2, 0) is 43.5 Å². The van der Waals surface area contributed by atoms with Crippen molar-refractivity contribution in [3.05, 3.63) is 144 Å². The monoisotopic (exact) mass is 554 g/mol. The maximum Gasteiger partial charge on any atom is 0.338 e. The van der Waals surface area contributed by atoms with E-state index in [9.17, 15) is 9.90 Å². The van der Waals surface area contributed by atoms with Crippen molar-refractivity contribution in [2.75, 3.05) is 6.61 Å². The van der Waals surface area contributed by atoms with Crippen LogP contribution in [0.5, 0.6) is 0 Å². The van der Waals surface area contributed by atoms with Gasteiger partial charge >= 0.3 is 5.97 Å². The zero-order valence-corrected chi connectivity index (χ0v) is 22.7. The summed E-state index contributed by atoms with van der Waals surface area (Å²) >= 11 is 0. The van der Waals surface area contributed by atoms with Crippen molar-refractivity contribution < 1.29 is 33.6 Å². The quantitative estimate of drug-likeness (QED) is 0.238. The highest BCUT2D eigenvalue weighted by molar-refractivity contribution is 5.89. The Balaban J connectivity index is 1.39. The lowest BCUT2D eigenvalue weighted by molar-refractivity contribution is -0.306. The summed E-state index contributed by atoms with van der Waals surface area (Å²) in [5.41, 5.74) is 3.26. The van der Waals surface area contributed by atoms with Crippen molar-refractivity contribution >= 4 is 5.97 Å². The van der Waals surface area contributed by atoms with Gasteiger partial charge in [-0.3, -0.25) is 0 Å². The molecule has 1 N–H and O–H groups in total. The Morgan fingerprint density at radius 3 is 1.61 bits per heavy atom. The highest BCUT2D eigenvalue weighted by Crippen LogP contribution is 2.30. The third-order valence-electron chi connectivity index (χ3n) is 6.83. The van der Waals surface area contributed by atoms with E-state index in [1.165, 1.54) is 0 Å². The molecule has 0 spiro atoms. The number of carbonyl (C=O) groups excluding carboxylic acids is 1. The first kappa shape index (κ1) is 28.7. The lowest BCUT2D eigenvalue weighted by Crippen LogP contribution is -2.61. The second-order valence-electron chi connectivity index (χ2n) is 9.82. The van der Waals surface area contributed by atoms with E-state index in [1.54, 1.807) is 24.3 Å². The SMILES string of the molecule is O=C(O[C@H]1C(O)O[C@H](COCc2ccccc2)[C@@H](OCc2ccccc2)[C@@H]1OCc1ccccc1)c1ccccc1. The van der Waals surface area contributed by atoms with Crippen LogP contribution >= 0.6 is 0 Å². The highest BCUT2D eigenvalue weighted by Gasteiger charge is 2.49. The molecule has 7 nitrogen and oxygen atoms in total. The van der Waals surface area contributed by atoms with E-state index in [-0.39, 0.29) is 19.8 Å². The Bertz CT molecular complexity index is 1320. The van der Waals surface area contributed by atoms with E-state index in [0.717, 1.165) is 16.7 Å². The average Bonchev–Trinajstić information content (AvgIpc) is 3.02. The second-order valence-corrected chi connectivity index (χ2v) is 9.82. The van der Waals surface area contributed by atoms with Crippen LogP contribution in [0.1, 0.15) is 27.0 Å². The summed E-state index contributed by atoms with van der Waals surface area (Å²) in [4.78, 5) is 13.1. The van der Waals surface area contributed by atoms with Crippen LogP contribution in [0, 0.1) is 0 Å². The molecule has 212 valence electrons. The van der Waals surface area contributed by atoms with Gasteiger partial charge in [0.15, 0.2) is 12.4 Å². The molecule has 1 heterocycles. The summed E-state index contributed by atoms with van der Waals surface area (Å²) in [6.45, 7) is 0.991. The molecule has 0 radical (unpaired) electrons. The van der Waals surface area contributed by atoms with E-state index < -0.39 is 36.7 Å². The van der Waals surface area contributed by atoms with E-state index in [2.05, 4.69) is 0 Å². The molecule has 4 aromatic carbocycles. The van der Waals surface area contributed by atoms with Crippen molar-refractivity contribution in [3.8, 4) is 0 Å². The molecule has 1 fully saturated rings. The van der Waals surface area contributed by atoms with E-state index in [1.807, 2.05) is 97.1 Å². The number of hydrogen-bond acceptors (Lipinski definition) is 7. The fourth-order valence-corrected chi connectivity index (χ4v) is 4.71. The third-order valence-corrected chi connectivity index (χ3v) is 6.83. The minimum atomic E-state index is -1.45. The van der Waals surface area contributed by atoms with Crippen LogP contribution in [0.15, 0.2) is 121 Å². The standard InChI is InChI=1S/C34H34O7/c35-33(28-19-11-4-12-20-28)41-32-31(39-23-27-17-9-3-10-18-27)30(38-22-26-15-7-2-8-16-26)29(40-34(32)36)24-37-21-25-13-5-1-6-14-25/h1-20,29-32,34,36H,21-24H2/t29-,30-,31+,32-,34?/m1/s1. The zero-order chi connectivity index (χ0) is 28.3. The van der Waals surface area contributed by atoms with E-state index >= 15 is 0 Å². The second kappa shape index (κ2) is 14.7. The van der Waals surface area contributed by atoms with Crippen molar-refractivity contribution in [3.63, 3.8) is 0 Å². The van der Waals surface area contributed by atoms with Gasteiger partial charge in [-0.25, -0.2) is 4.79 Å². The predicted octanol–water partition coefficient (Wildman–Crippen LogP) is 5.32. The van der Waals surface area contributed by atoms with E-state index in [4.69, 9.17) is 23.7 Å². The molecular weight excluding hydrogens is 520 g/mol. The molecule has 1 unspecified atom stereocenters. The van der Waals surface area contributed by atoms with Crippen molar-refractivity contribution in [1.82, 2.24) is 0 Å². The number of ether oxygens (including phenoxy) is 5. The minimum absolute atomic E-state index is 0.135. The predicted molar refractivity (Wildman–Crippen MR) is 153 cm³/mol. The lowest BCUT2D eigenvalue weighted by atomic mass is 9.98. The number of benzene rings is 4. The van der Waals surface area contributed by atoms with Crippen LogP contribution in [0.2, 0.25) is 0 Å². The number of esters is 1. The van der Waals surface area contributed by atoms with Crippen LogP contribution in [0.3, 0.4) is 0 Å². The average molecular weight is 555 g/mol. The Kier molecular flexibility index (Phi) is 10.3. The molecule has 7 heteroatoms. The zero-order valence-electron chi connectivity index (χ0n) is 22.7. The Morgan fingerprint density at radius 1 is 0.610 bits per heavy atom. The summed E-state index contributed by atoms with van der Waals surface area (Å²) in [5, 5.41) is 11.1. The molecule has 5 atom stereocenters. The first-order valence-electron chi connectivity index (χ1n) is 13.7. The first-order chi connectivity index (χ1) is 20.2. The van der Waals surface area contributed by atoms with Crippen LogP contribution in [0.4, 0.5) is 0 Å². The van der Waals surface area contributed by atoms with Gasteiger partial charge in [0.1, 0.15) is 18.3 Å². The van der Waals surface area contributed by atoms with Crippen LogP contribution in [0.25, 0.3) is 0 Å². The summed E-state index contributed by atoms with van der Waals surface area (Å²) in [6.07, 6.45) is -4.85. The third kappa shape index (κ3) is 8.10. The molecule has 1 saturated heterocycles. The minimum Gasteiger partial charge on any atom is -0.450 e. The maximum absolute atomic E-state index is 13.1. The fraction of sp³-hybridized carbons (Fsp3) is 0.265. The van der Waals surface area contributed by atoms with Gasteiger partial charge in [-0.2, -0.15) is 0 Å². The molecule has 4 aromatic rings. The highest BCUT2D eigenvalue weighted by atomic mass is 16.7. The fourth-order valence-electron chi connectivity index (χ4n) is 4.71. The topological polar surface area (TPSA) is 83.5 Å². The summed E-state index contributed by atoms with van der Waals surface area (Å²) < 4.78 is 30.7. The Labute approximate surface area is 240 Å². The van der Waals surface area contributed by atoms with Gasteiger partial charge in [0.05, 0.1) is 32.0 Å². The Morgan fingerprint density at radius 2 is 1.07 bits per heavy atom. The molecule has 0 saturated carbocycles. The van der Waals surface area contributed by atoms with Crippen molar-refractivity contribution in [2.24, 2.45) is 0 Å². The largest absolute Gasteiger partial charge is 0.450 e. The molecule has 41 heavy (non-hydrogen) atoms. The summed E-state index contributed by atoms with van der Waals surface area (Å²) in [7, 11) is 0. The number of carbonyl (C=O) groups is 1.